The van der Waals surface area contributed by atoms with Crippen LogP contribution in [0.1, 0.15) is 42.6 Å². The number of carbonyl (C=O) groups excluding carboxylic acids is 2. The van der Waals surface area contributed by atoms with Gasteiger partial charge >= 0.3 is 0 Å². The Balaban J connectivity index is 1.50. The summed E-state index contributed by atoms with van der Waals surface area (Å²) in [4.78, 5) is 29.9. The third-order valence-corrected chi connectivity index (χ3v) is 6.34. The summed E-state index contributed by atoms with van der Waals surface area (Å²) >= 11 is 0. The molecule has 0 radical (unpaired) electrons. The molecule has 4 rings (SSSR count). The standard InChI is InChI=1S/C25H30FN3O2/c1-18(2)17-29-24(31)22(16-19-8-4-3-5-9-19)27-25(29)12-14-28(15-13-25)23(30)20-10-6-7-11-21(20)26/h3-11,18,22,27H,12-17H2,1-2H3. The van der Waals surface area contributed by atoms with E-state index in [-0.39, 0.29) is 23.4 Å². The van der Waals surface area contributed by atoms with E-state index in [2.05, 4.69) is 19.2 Å². The third kappa shape index (κ3) is 4.35. The van der Waals surface area contributed by atoms with Gasteiger partial charge in [0.1, 0.15) is 5.82 Å². The number of halogens is 1. The Morgan fingerprint density at radius 3 is 2.39 bits per heavy atom. The van der Waals surface area contributed by atoms with E-state index in [4.69, 9.17) is 0 Å². The monoisotopic (exact) mass is 423 g/mol. The second kappa shape index (κ2) is 8.79. The highest BCUT2D eigenvalue weighted by atomic mass is 19.1. The van der Waals surface area contributed by atoms with Crippen molar-refractivity contribution >= 4 is 11.8 Å². The summed E-state index contributed by atoms with van der Waals surface area (Å²) in [6.45, 7) is 5.88. The van der Waals surface area contributed by atoms with E-state index in [1.807, 2.05) is 35.2 Å². The average Bonchev–Trinajstić information content (AvgIpc) is 3.00. The summed E-state index contributed by atoms with van der Waals surface area (Å²) in [5.41, 5.74) is 0.782. The molecule has 2 aromatic rings. The summed E-state index contributed by atoms with van der Waals surface area (Å²) in [7, 11) is 0. The number of nitrogens with zero attached hydrogens (tertiary/aromatic N) is 2. The molecule has 2 aromatic carbocycles. The molecule has 1 N–H and O–H groups in total. The van der Waals surface area contributed by atoms with Gasteiger partial charge in [-0.15, -0.1) is 0 Å². The molecule has 0 bridgehead atoms. The fourth-order valence-corrected chi connectivity index (χ4v) is 4.78. The van der Waals surface area contributed by atoms with Gasteiger partial charge in [0, 0.05) is 32.5 Å². The van der Waals surface area contributed by atoms with Gasteiger partial charge in [0.25, 0.3) is 5.91 Å². The number of likely N-dealkylation sites (tertiary alicyclic amines) is 1. The lowest BCUT2D eigenvalue weighted by Crippen LogP contribution is -2.60. The summed E-state index contributed by atoms with van der Waals surface area (Å²) < 4.78 is 14.1. The summed E-state index contributed by atoms with van der Waals surface area (Å²) in [5, 5.41) is 3.64. The zero-order valence-corrected chi connectivity index (χ0v) is 18.2. The van der Waals surface area contributed by atoms with Crippen LogP contribution in [0, 0.1) is 11.7 Å². The highest BCUT2D eigenvalue weighted by molar-refractivity contribution is 5.94. The first-order valence-corrected chi connectivity index (χ1v) is 11.1. The number of hydrogen-bond acceptors (Lipinski definition) is 3. The number of nitrogens with one attached hydrogen (secondary N) is 1. The Labute approximate surface area is 183 Å². The lowest BCUT2D eigenvalue weighted by atomic mass is 9.94. The van der Waals surface area contributed by atoms with Crippen LogP contribution >= 0.6 is 0 Å². The maximum Gasteiger partial charge on any atom is 0.256 e. The van der Waals surface area contributed by atoms with Crippen molar-refractivity contribution in [2.75, 3.05) is 19.6 Å². The minimum absolute atomic E-state index is 0.106. The first-order valence-electron chi connectivity index (χ1n) is 11.1. The minimum Gasteiger partial charge on any atom is -0.338 e. The normalized spacial score (nSPS) is 20.6. The lowest BCUT2D eigenvalue weighted by molar-refractivity contribution is -0.134. The molecule has 2 aliphatic rings. The number of piperidine rings is 1. The van der Waals surface area contributed by atoms with E-state index in [0.717, 1.165) is 5.56 Å². The third-order valence-electron chi connectivity index (χ3n) is 6.34. The lowest BCUT2D eigenvalue weighted by Gasteiger charge is -2.45. The Morgan fingerprint density at radius 2 is 1.74 bits per heavy atom. The Kier molecular flexibility index (Phi) is 6.10. The van der Waals surface area contributed by atoms with Gasteiger partial charge in [0.15, 0.2) is 0 Å². The molecule has 0 aromatic heterocycles. The molecule has 2 aliphatic heterocycles. The molecule has 0 aliphatic carbocycles. The number of benzene rings is 2. The van der Waals surface area contributed by atoms with Crippen molar-refractivity contribution in [1.82, 2.24) is 15.1 Å². The molecule has 2 amide bonds. The largest absolute Gasteiger partial charge is 0.338 e. The minimum atomic E-state index is -0.494. The van der Waals surface area contributed by atoms with Crippen molar-refractivity contribution in [3.63, 3.8) is 0 Å². The average molecular weight is 424 g/mol. The van der Waals surface area contributed by atoms with Gasteiger partial charge in [-0.1, -0.05) is 56.3 Å². The van der Waals surface area contributed by atoms with Crippen LogP contribution in [0.3, 0.4) is 0 Å². The maximum atomic E-state index is 14.1. The van der Waals surface area contributed by atoms with Crippen LogP contribution in [-0.4, -0.2) is 53.0 Å². The van der Waals surface area contributed by atoms with Gasteiger partial charge in [0.05, 0.1) is 17.3 Å². The molecule has 5 nitrogen and oxygen atoms in total. The van der Waals surface area contributed by atoms with Crippen LogP contribution in [-0.2, 0) is 11.2 Å². The van der Waals surface area contributed by atoms with Gasteiger partial charge in [-0.25, -0.2) is 4.39 Å². The molecule has 2 heterocycles. The van der Waals surface area contributed by atoms with Crippen LogP contribution in [0.2, 0.25) is 0 Å². The smallest absolute Gasteiger partial charge is 0.256 e. The van der Waals surface area contributed by atoms with Crippen molar-refractivity contribution in [1.29, 1.82) is 0 Å². The molecule has 1 unspecified atom stereocenters. The molecule has 6 heteroatoms. The summed E-state index contributed by atoms with van der Waals surface area (Å²) in [6.07, 6.45) is 1.92. The highest BCUT2D eigenvalue weighted by Crippen LogP contribution is 2.34. The Hall–Kier alpha value is -2.73. The molecule has 2 fully saturated rings. The maximum absolute atomic E-state index is 14.1. The summed E-state index contributed by atoms with van der Waals surface area (Å²) in [5.74, 6) is -0.303. The van der Waals surface area contributed by atoms with Crippen LogP contribution in [0.15, 0.2) is 54.6 Å². The van der Waals surface area contributed by atoms with Crippen molar-refractivity contribution in [3.8, 4) is 0 Å². The molecular weight excluding hydrogens is 393 g/mol. The Bertz CT molecular complexity index is 939. The van der Waals surface area contributed by atoms with Crippen molar-refractivity contribution in [3.05, 3.63) is 71.5 Å². The summed E-state index contributed by atoms with van der Waals surface area (Å²) in [6, 6.07) is 15.9. The van der Waals surface area contributed by atoms with E-state index in [0.29, 0.717) is 44.8 Å². The van der Waals surface area contributed by atoms with Crippen LogP contribution < -0.4 is 5.32 Å². The second-order valence-electron chi connectivity index (χ2n) is 9.03. The molecule has 31 heavy (non-hydrogen) atoms. The molecule has 1 atom stereocenters. The topological polar surface area (TPSA) is 52.7 Å². The fraction of sp³-hybridized carbons (Fsp3) is 0.440. The Morgan fingerprint density at radius 1 is 1.10 bits per heavy atom. The molecule has 2 saturated heterocycles. The van der Waals surface area contributed by atoms with E-state index in [1.54, 1.807) is 17.0 Å². The number of carbonyl (C=O) groups is 2. The van der Waals surface area contributed by atoms with Crippen LogP contribution in [0.4, 0.5) is 4.39 Å². The van der Waals surface area contributed by atoms with E-state index in [1.165, 1.54) is 12.1 Å². The molecule has 0 saturated carbocycles. The second-order valence-corrected chi connectivity index (χ2v) is 9.03. The van der Waals surface area contributed by atoms with Crippen LogP contribution in [0.5, 0.6) is 0 Å². The predicted molar refractivity (Wildman–Crippen MR) is 118 cm³/mol. The van der Waals surface area contributed by atoms with Crippen molar-refractivity contribution in [2.45, 2.75) is 44.8 Å². The first kappa shape index (κ1) is 21.5. The number of hydrogen-bond donors (Lipinski definition) is 1. The first-order chi connectivity index (χ1) is 14.9. The number of rotatable bonds is 5. The van der Waals surface area contributed by atoms with Gasteiger partial charge in [-0.05, 0) is 30.0 Å². The van der Waals surface area contributed by atoms with Gasteiger partial charge < -0.3 is 9.80 Å². The van der Waals surface area contributed by atoms with E-state index >= 15 is 0 Å². The van der Waals surface area contributed by atoms with Crippen molar-refractivity contribution in [2.24, 2.45) is 5.92 Å². The van der Waals surface area contributed by atoms with E-state index < -0.39 is 11.5 Å². The zero-order chi connectivity index (χ0) is 22.0. The number of amides is 2. The molecule has 1 spiro atoms. The SMILES string of the molecule is CC(C)CN1C(=O)C(Cc2ccccc2)NC12CCN(C(=O)c1ccccc1F)CC2. The fourth-order valence-electron chi connectivity index (χ4n) is 4.78. The zero-order valence-electron chi connectivity index (χ0n) is 18.2. The van der Waals surface area contributed by atoms with E-state index in [9.17, 15) is 14.0 Å². The van der Waals surface area contributed by atoms with Gasteiger partial charge in [-0.2, -0.15) is 0 Å². The van der Waals surface area contributed by atoms with Gasteiger partial charge in [-0.3, -0.25) is 14.9 Å². The molecule has 164 valence electrons. The van der Waals surface area contributed by atoms with Crippen molar-refractivity contribution < 1.29 is 14.0 Å². The predicted octanol–water partition coefficient (Wildman–Crippen LogP) is 3.46. The molecular formula is C25H30FN3O2. The highest BCUT2D eigenvalue weighted by Gasteiger charge is 2.51. The quantitative estimate of drug-likeness (QED) is 0.801. The van der Waals surface area contributed by atoms with Gasteiger partial charge in [0.2, 0.25) is 5.91 Å². The van der Waals surface area contributed by atoms with Crippen LogP contribution in [0.25, 0.3) is 0 Å².